The van der Waals surface area contributed by atoms with Gasteiger partial charge in [0.1, 0.15) is 11.4 Å². The molecule has 1 aromatic carbocycles. The maximum absolute atomic E-state index is 12.2. The lowest BCUT2D eigenvalue weighted by Gasteiger charge is -2.38. The topological polar surface area (TPSA) is 56.7 Å². The van der Waals surface area contributed by atoms with Gasteiger partial charge < -0.3 is 10.0 Å². The van der Waals surface area contributed by atoms with E-state index < -0.39 is 5.60 Å². The molecule has 2 aliphatic heterocycles. The molecule has 2 aromatic rings. The fourth-order valence-corrected chi connectivity index (χ4v) is 4.21. The lowest BCUT2D eigenvalue weighted by atomic mass is 9.83. The fraction of sp³-hybridized carbons (Fsp3) is 0.440. The largest absolute Gasteiger partial charge is 0.376 e. The molecule has 1 aromatic heterocycles. The van der Waals surface area contributed by atoms with Crippen molar-refractivity contribution in [1.82, 2.24) is 9.88 Å². The maximum Gasteiger partial charge on any atom is 0.228 e. The monoisotopic (exact) mass is 403 g/mol. The molecule has 0 radical (unpaired) electrons. The van der Waals surface area contributed by atoms with E-state index in [2.05, 4.69) is 35.8 Å². The third-order valence-corrected chi connectivity index (χ3v) is 6.21. The summed E-state index contributed by atoms with van der Waals surface area (Å²) in [5, 5.41) is 11.1. The Hall–Kier alpha value is -2.68. The molecular weight excluding hydrogens is 374 g/mol. The molecule has 2 aliphatic rings. The average Bonchev–Trinajstić information content (AvgIpc) is 3.17. The zero-order chi connectivity index (χ0) is 21.1. The molecule has 5 heteroatoms. The molecule has 30 heavy (non-hydrogen) atoms. The highest BCUT2D eigenvalue weighted by Gasteiger charge is 2.36. The minimum atomic E-state index is -1.03. The standard InChI is InChI=1S/C25H29N3O2/c1-19-13-16-27(2)18-25(19,30)14-12-21-10-11-23(28-15-6-9-24(28)29)26-22(21)17-20-7-4-3-5-8-20/h3-5,7-8,10-11,19,30H,6,9,13,15-18H2,1-2H3. The van der Waals surface area contributed by atoms with Gasteiger partial charge in [0.2, 0.25) is 5.91 Å². The first-order valence-electron chi connectivity index (χ1n) is 10.7. The van der Waals surface area contributed by atoms with E-state index in [-0.39, 0.29) is 11.8 Å². The highest BCUT2D eigenvalue weighted by Crippen LogP contribution is 2.27. The number of carbonyl (C=O) groups excluding carboxylic acids is 1. The van der Waals surface area contributed by atoms with E-state index in [0.29, 0.717) is 31.7 Å². The SMILES string of the molecule is CC1CCN(C)CC1(O)C#Cc1ccc(N2CCCC2=O)nc1Cc1ccccc1. The van der Waals surface area contributed by atoms with E-state index >= 15 is 0 Å². The third kappa shape index (κ3) is 4.40. The zero-order valence-electron chi connectivity index (χ0n) is 17.8. The summed E-state index contributed by atoms with van der Waals surface area (Å²) in [6.45, 7) is 4.30. The molecule has 3 heterocycles. The van der Waals surface area contributed by atoms with Crippen LogP contribution >= 0.6 is 0 Å². The van der Waals surface area contributed by atoms with Crippen molar-refractivity contribution >= 4 is 11.7 Å². The van der Waals surface area contributed by atoms with Gasteiger partial charge in [-0.3, -0.25) is 9.69 Å². The van der Waals surface area contributed by atoms with Gasteiger partial charge in [-0.25, -0.2) is 4.98 Å². The molecule has 4 rings (SSSR count). The number of aliphatic hydroxyl groups is 1. The summed E-state index contributed by atoms with van der Waals surface area (Å²) in [5.41, 5.74) is 1.76. The van der Waals surface area contributed by atoms with Crippen molar-refractivity contribution in [2.45, 2.75) is 38.2 Å². The Morgan fingerprint density at radius 1 is 1.20 bits per heavy atom. The van der Waals surface area contributed by atoms with Gasteiger partial charge >= 0.3 is 0 Å². The Bertz CT molecular complexity index is 979. The quantitative estimate of drug-likeness (QED) is 0.801. The van der Waals surface area contributed by atoms with Crippen LogP contribution in [0.2, 0.25) is 0 Å². The molecule has 2 unspecified atom stereocenters. The van der Waals surface area contributed by atoms with Crippen LogP contribution in [0.25, 0.3) is 0 Å². The van der Waals surface area contributed by atoms with Crippen molar-refractivity contribution in [3.63, 3.8) is 0 Å². The molecule has 0 aliphatic carbocycles. The highest BCUT2D eigenvalue weighted by molar-refractivity contribution is 5.94. The van der Waals surface area contributed by atoms with Crippen molar-refractivity contribution in [3.05, 3.63) is 59.3 Å². The van der Waals surface area contributed by atoms with E-state index in [4.69, 9.17) is 4.98 Å². The Morgan fingerprint density at radius 3 is 2.73 bits per heavy atom. The van der Waals surface area contributed by atoms with Crippen LogP contribution in [-0.4, -0.2) is 53.2 Å². The lowest BCUT2D eigenvalue weighted by Crippen LogP contribution is -2.50. The second kappa shape index (κ2) is 8.59. The first-order chi connectivity index (χ1) is 14.4. The molecule has 0 spiro atoms. The number of aromatic nitrogens is 1. The van der Waals surface area contributed by atoms with E-state index in [0.717, 1.165) is 36.2 Å². The van der Waals surface area contributed by atoms with E-state index in [9.17, 15) is 9.90 Å². The van der Waals surface area contributed by atoms with Crippen LogP contribution in [-0.2, 0) is 11.2 Å². The van der Waals surface area contributed by atoms with Gasteiger partial charge in [-0.2, -0.15) is 0 Å². The fourth-order valence-electron chi connectivity index (χ4n) is 4.21. The lowest BCUT2D eigenvalue weighted by molar-refractivity contribution is -0.117. The first-order valence-corrected chi connectivity index (χ1v) is 10.7. The van der Waals surface area contributed by atoms with Gasteiger partial charge in [-0.15, -0.1) is 0 Å². The summed E-state index contributed by atoms with van der Waals surface area (Å²) < 4.78 is 0. The summed E-state index contributed by atoms with van der Waals surface area (Å²) in [6, 6.07) is 14.0. The molecule has 2 atom stereocenters. The number of nitrogens with zero attached hydrogens (tertiary/aromatic N) is 3. The average molecular weight is 404 g/mol. The number of likely N-dealkylation sites (N-methyl/N-ethyl adjacent to an activating group) is 1. The summed E-state index contributed by atoms with van der Waals surface area (Å²) >= 11 is 0. The molecule has 0 bridgehead atoms. The predicted octanol–water partition coefficient (Wildman–Crippen LogP) is 2.85. The zero-order valence-corrected chi connectivity index (χ0v) is 17.8. The Morgan fingerprint density at radius 2 is 2.00 bits per heavy atom. The number of benzene rings is 1. The van der Waals surface area contributed by atoms with Crippen LogP contribution in [0.15, 0.2) is 42.5 Å². The summed E-state index contributed by atoms with van der Waals surface area (Å²) in [5.74, 6) is 7.33. The highest BCUT2D eigenvalue weighted by atomic mass is 16.3. The van der Waals surface area contributed by atoms with Gasteiger partial charge in [-0.1, -0.05) is 49.1 Å². The second-order valence-electron chi connectivity index (χ2n) is 8.58. The van der Waals surface area contributed by atoms with Crippen LogP contribution < -0.4 is 4.90 Å². The third-order valence-electron chi connectivity index (χ3n) is 6.21. The van der Waals surface area contributed by atoms with Crippen molar-refractivity contribution in [2.24, 2.45) is 5.92 Å². The number of anilines is 1. The van der Waals surface area contributed by atoms with Gasteiger partial charge in [0.05, 0.1) is 5.69 Å². The Labute approximate surface area is 178 Å². The van der Waals surface area contributed by atoms with Crippen LogP contribution in [0.1, 0.15) is 43.0 Å². The van der Waals surface area contributed by atoms with E-state index in [1.165, 1.54) is 0 Å². The van der Waals surface area contributed by atoms with Crippen molar-refractivity contribution < 1.29 is 9.90 Å². The number of likely N-dealkylation sites (tertiary alicyclic amines) is 1. The molecule has 1 N–H and O–H groups in total. The molecule has 0 saturated carbocycles. The normalized spacial score (nSPS) is 24.6. The first kappa shape index (κ1) is 20.6. The minimum Gasteiger partial charge on any atom is -0.376 e. The number of pyridine rings is 1. The van der Waals surface area contributed by atoms with Crippen LogP contribution in [0.5, 0.6) is 0 Å². The Balaban J connectivity index is 1.69. The molecule has 2 saturated heterocycles. The number of β-amino-alcohol motifs (C(OH)–C–C–N with tert-alkyl or cyclic N) is 1. The molecule has 156 valence electrons. The van der Waals surface area contributed by atoms with E-state index in [1.807, 2.05) is 37.4 Å². The van der Waals surface area contributed by atoms with Crippen LogP contribution in [0.3, 0.4) is 0 Å². The maximum atomic E-state index is 12.2. The number of amides is 1. The summed E-state index contributed by atoms with van der Waals surface area (Å²) in [6.07, 6.45) is 3.01. The van der Waals surface area contributed by atoms with Crippen molar-refractivity contribution in [3.8, 4) is 11.8 Å². The smallest absolute Gasteiger partial charge is 0.228 e. The van der Waals surface area contributed by atoms with Gasteiger partial charge in [0, 0.05) is 31.5 Å². The van der Waals surface area contributed by atoms with Gasteiger partial charge in [-0.05, 0) is 50.0 Å². The summed E-state index contributed by atoms with van der Waals surface area (Å²) in [4.78, 5) is 20.9. The van der Waals surface area contributed by atoms with Gasteiger partial charge in [0.25, 0.3) is 0 Å². The molecule has 1 amide bonds. The van der Waals surface area contributed by atoms with Gasteiger partial charge in [0.15, 0.2) is 0 Å². The number of carbonyl (C=O) groups is 1. The molecule has 2 fully saturated rings. The van der Waals surface area contributed by atoms with Crippen molar-refractivity contribution in [1.29, 1.82) is 0 Å². The molecular formula is C25H29N3O2. The summed E-state index contributed by atoms with van der Waals surface area (Å²) in [7, 11) is 2.02. The minimum absolute atomic E-state index is 0.119. The number of rotatable bonds is 3. The van der Waals surface area contributed by atoms with Crippen molar-refractivity contribution in [2.75, 3.05) is 31.6 Å². The number of hydrogen-bond acceptors (Lipinski definition) is 4. The van der Waals surface area contributed by atoms with E-state index in [1.54, 1.807) is 4.90 Å². The molecule has 5 nitrogen and oxygen atoms in total. The van der Waals surface area contributed by atoms with Crippen LogP contribution in [0, 0.1) is 17.8 Å². The van der Waals surface area contributed by atoms with Crippen LogP contribution in [0.4, 0.5) is 5.82 Å². The predicted molar refractivity (Wildman–Crippen MR) is 118 cm³/mol. The Kier molecular flexibility index (Phi) is 5.90. The second-order valence-corrected chi connectivity index (χ2v) is 8.58. The number of piperidine rings is 1. The number of hydrogen-bond donors (Lipinski definition) is 1.